The van der Waals surface area contributed by atoms with Gasteiger partial charge < -0.3 is 20.9 Å². The van der Waals surface area contributed by atoms with Gasteiger partial charge in [-0.2, -0.15) is 0 Å². The first kappa shape index (κ1) is 14.0. The molecule has 0 aromatic heterocycles. The fraction of sp³-hybridized carbons (Fsp3) is 0.600. The molecule has 0 amide bonds. The summed E-state index contributed by atoms with van der Waals surface area (Å²) in [6.07, 6.45) is 5.17. The van der Waals surface area contributed by atoms with Crippen LogP contribution in [0, 0.1) is 0 Å². The highest BCUT2D eigenvalue weighted by Crippen LogP contribution is 2.32. The van der Waals surface area contributed by atoms with Crippen LogP contribution >= 0.6 is 0 Å². The van der Waals surface area contributed by atoms with Crippen molar-refractivity contribution >= 4 is 11.4 Å². The first-order valence-corrected chi connectivity index (χ1v) is 7.12. The third-order valence-corrected chi connectivity index (χ3v) is 3.76. The number of hydrogen-bond donors (Lipinski definition) is 3. The molecule has 0 aliphatic heterocycles. The molecule has 0 saturated heterocycles. The Labute approximate surface area is 115 Å². The van der Waals surface area contributed by atoms with Crippen molar-refractivity contribution in [1.29, 1.82) is 0 Å². The van der Waals surface area contributed by atoms with Crippen LogP contribution in [0.15, 0.2) is 18.2 Å². The minimum absolute atomic E-state index is 0.548. The van der Waals surface area contributed by atoms with Gasteiger partial charge in [-0.05, 0) is 31.9 Å². The van der Waals surface area contributed by atoms with Crippen LogP contribution in [-0.2, 0) is 0 Å². The van der Waals surface area contributed by atoms with E-state index in [0.717, 1.165) is 31.4 Å². The van der Waals surface area contributed by atoms with Crippen LogP contribution in [0.4, 0.5) is 11.4 Å². The Morgan fingerprint density at radius 3 is 2.74 bits per heavy atom. The Morgan fingerprint density at radius 1 is 1.32 bits per heavy atom. The van der Waals surface area contributed by atoms with Crippen molar-refractivity contribution in [2.75, 3.05) is 24.2 Å². The minimum Gasteiger partial charge on any atom is -0.492 e. The third kappa shape index (κ3) is 3.53. The Balaban J connectivity index is 2.00. The van der Waals surface area contributed by atoms with E-state index in [9.17, 15) is 5.11 Å². The predicted octanol–water partition coefficient (Wildman–Crippen LogP) is 2.77. The smallest absolute Gasteiger partial charge is 0.144 e. The van der Waals surface area contributed by atoms with Gasteiger partial charge >= 0.3 is 0 Å². The fourth-order valence-corrected chi connectivity index (χ4v) is 2.63. The van der Waals surface area contributed by atoms with Gasteiger partial charge in [-0.15, -0.1) is 0 Å². The summed E-state index contributed by atoms with van der Waals surface area (Å²) < 4.78 is 5.47. The highest BCUT2D eigenvalue weighted by atomic mass is 16.5. The summed E-state index contributed by atoms with van der Waals surface area (Å²) in [5, 5.41) is 13.7. The van der Waals surface area contributed by atoms with Crippen molar-refractivity contribution in [2.24, 2.45) is 0 Å². The summed E-state index contributed by atoms with van der Waals surface area (Å²) in [6, 6.07) is 5.69. The molecule has 1 fully saturated rings. The van der Waals surface area contributed by atoms with Gasteiger partial charge in [0, 0.05) is 6.54 Å². The van der Waals surface area contributed by atoms with E-state index in [1.54, 1.807) is 0 Å². The van der Waals surface area contributed by atoms with Crippen molar-refractivity contribution in [3.8, 4) is 5.75 Å². The number of para-hydroxylation sites is 1. The number of nitrogens with one attached hydrogen (secondary N) is 1. The van der Waals surface area contributed by atoms with E-state index < -0.39 is 5.60 Å². The lowest BCUT2D eigenvalue weighted by atomic mass is 9.85. The van der Waals surface area contributed by atoms with Crippen LogP contribution in [0.2, 0.25) is 0 Å². The lowest BCUT2D eigenvalue weighted by molar-refractivity contribution is 0.0167. The number of aliphatic hydroxyl groups is 1. The molecule has 4 nitrogen and oxygen atoms in total. The average Bonchev–Trinajstić information content (AvgIpc) is 2.41. The first-order chi connectivity index (χ1) is 9.14. The number of ether oxygens (including phenoxy) is 1. The Kier molecular flexibility index (Phi) is 4.53. The van der Waals surface area contributed by atoms with Gasteiger partial charge in [0.1, 0.15) is 5.75 Å². The first-order valence-electron chi connectivity index (χ1n) is 7.12. The molecule has 1 aromatic rings. The fourth-order valence-electron chi connectivity index (χ4n) is 2.63. The van der Waals surface area contributed by atoms with E-state index in [1.165, 1.54) is 6.42 Å². The van der Waals surface area contributed by atoms with Gasteiger partial charge in [-0.1, -0.05) is 25.3 Å². The maximum absolute atomic E-state index is 10.5. The third-order valence-electron chi connectivity index (χ3n) is 3.76. The quantitative estimate of drug-likeness (QED) is 0.715. The summed E-state index contributed by atoms with van der Waals surface area (Å²) >= 11 is 0. The number of anilines is 2. The normalized spacial score (nSPS) is 18.0. The average molecular weight is 264 g/mol. The molecule has 0 radical (unpaired) electrons. The van der Waals surface area contributed by atoms with E-state index in [4.69, 9.17) is 10.5 Å². The molecule has 1 aliphatic rings. The molecule has 0 spiro atoms. The molecule has 4 heteroatoms. The molecule has 19 heavy (non-hydrogen) atoms. The number of benzene rings is 1. The van der Waals surface area contributed by atoms with Crippen LogP contribution in [0.5, 0.6) is 5.75 Å². The second-order valence-electron chi connectivity index (χ2n) is 5.29. The monoisotopic (exact) mass is 264 g/mol. The Bertz CT molecular complexity index is 415. The molecule has 4 N–H and O–H groups in total. The summed E-state index contributed by atoms with van der Waals surface area (Å²) in [5.41, 5.74) is 6.92. The van der Waals surface area contributed by atoms with E-state index in [-0.39, 0.29) is 0 Å². The predicted molar refractivity (Wildman–Crippen MR) is 78.5 cm³/mol. The molecular weight excluding hydrogens is 240 g/mol. The molecule has 1 saturated carbocycles. The number of rotatable bonds is 5. The summed E-state index contributed by atoms with van der Waals surface area (Å²) in [5.74, 6) is 0.697. The largest absolute Gasteiger partial charge is 0.492 e. The second kappa shape index (κ2) is 6.15. The molecule has 106 valence electrons. The zero-order valence-corrected chi connectivity index (χ0v) is 11.6. The van der Waals surface area contributed by atoms with Crippen molar-refractivity contribution in [2.45, 2.75) is 44.6 Å². The molecule has 1 aromatic carbocycles. The Morgan fingerprint density at radius 2 is 2.05 bits per heavy atom. The molecule has 2 rings (SSSR count). The summed E-state index contributed by atoms with van der Waals surface area (Å²) in [4.78, 5) is 0. The maximum Gasteiger partial charge on any atom is 0.144 e. The Hall–Kier alpha value is -1.42. The van der Waals surface area contributed by atoms with Crippen LogP contribution in [-0.4, -0.2) is 23.9 Å². The second-order valence-corrected chi connectivity index (χ2v) is 5.29. The maximum atomic E-state index is 10.5. The molecule has 1 aliphatic carbocycles. The lowest BCUT2D eigenvalue weighted by Crippen LogP contribution is -2.38. The molecule has 0 heterocycles. The standard InChI is InChI=1S/C15H24N2O2/c1-2-19-13-8-6-7-12(14(13)16)17-11-15(18)9-4-3-5-10-15/h6-8,17-18H,2-5,9-11,16H2,1H3. The minimum atomic E-state index is -0.591. The van der Waals surface area contributed by atoms with Gasteiger partial charge in [0.2, 0.25) is 0 Å². The van der Waals surface area contributed by atoms with Crippen LogP contribution < -0.4 is 15.8 Å². The summed E-state index contributed by atoms with van der Waals surface area (Å²) in [7, 11) is 0. The van der Waals surface area contributed by atoms with E-state index in [2.05, 4.69) is 5.32 Å². The highest BCUT2D eigenvalue weighted by Gasteiger charge is 2.28. The SMILES string of the molecule is CCOc1cccc(NCC2(O)CCCCC2)c1N. The van der Waals surface area contributed by atoms with Crippen molar-refractivity contribution in [3.05, 3.63) is 18.2 Å². The van der Waals surface area contributed by atoms with Gasteiger partial charge in [-0.3, -0.25) is 0 Å². The van der Waals surface area contributed by atoms with Crippen molar-refractivity contribution in [3.63, 3.8) is 0 Å². The van der Waals surface area contributed by atoms with Crippen LogP contribution in [0.1, 0.15) is 39.0 Å². The van der Waals surface area contributed by atoms with Gasteiger partial charge in [0.05, 0.1) is 23.6 Å². The molecular formula is C15H24N2O2. The highest BCUT2D eigenvalue weighted by molar-refractivity contribution is 5.73. The van der Waals surface area contributed by atoms with Crippen LogP contribution in [0.3, 0.4) is 0 Å². The van der Waals surface area contributed by atoms with Gasteiger partial charge in [0.15, 0.2) is 0 Å². The number of nitrogens with two attached hydrogens (primary N) is 1. The molecule has 0 unspecified atom stereocenters. The zero-order chi connectivity index (χ0) is 13.7. The van der Waals surface area contributed by atoms with E-state index in [1.807, 2.05) is 25.1 Å². The molecule has 0 atom stereocenters. The number of nitrogen functional groups attached to an aromatic ring is 1. The van der Waals surface area contributed by atoms with E-state index in [0.29, 0.717) is 24.6 Å². The van der Waals surface area contributed by atoms with Crippen molar-refractivity contribution < 1.29 is 9.84 Å². The van der Waals surface area contributed by atoms with E-state index >= 15 is 0 Å². The molecule has 0 bridgehead atoms. The van der Waals surface area contributed by atoms with Crippen molar-refractivity contribution in [1.82, 2.24) is 0 Å². The summed E-state index contributed by atoms with van der Waals surface area (Å²) in [6.45, 7) is 3.08. The van der Waals surface area contributed by atoms with Gasteiger partial charge in [0.25, 0.3) is 0 Å². The lowest BCUT2D eigenvalue weighted by Gasteiger charge is -2.32. The van der Waals surface area contributed by atoms with Gasteiger partial charge in [-0.25, -0.2) is 0 Å². The zero-order valence-electron chi connectivity index (χ0n) is 11.6. The van der Waals surface area contributed by atoms with Crippen LogP contribution in [0.25, 0.3) is 0 Å². The number of hydrogen-bond acceptors (Lipinski definition) is 4. The topological polar surface area (TPSA) is 67.5 Å².